The minimum Gasteiger partial charge on any atom is -0.282 e. The molecule has 2 aromatic carbocycles. The summed E-state index contributed by atoms with van der Waals surface area (Å²) in [7, 11) is -4.16. The number of carbonyl (C=O) groups excluding carboxylic acids is 1. The number of carbonyl (C=O) groups is 1. The third kappa shape index (κ3) is 5.05. The molecule has 198 valence electrons. The SMILES string of the molecule is Cc1ccc(C)c2sc(N(Cc3ccccn3)C(=O)C3CCN(S(=O)(=O)c4ccc(F)cc4F)CC3)nc12. The van der Waals surface area contributed by atoms with E-state index in [0.717, 1.165) is 37.8 Å². The van der Waals surface area contributed by atoms with Gasteiger partial charge in [-0.2, -0.15) is 4.31 Å². The Balaban J connectivity index is 1.40. The summed E-state index contributed by atoms with van der Waals surface area (Å²) >= 11 is 1.45. The summed E-state index contributed by atoms with van der Waals surface area (Å²) in [6.07, 6.45) is 2.20. The summed E-state index contributed by atoms with van der Waals surface area (Å²) in [5, 5.41) is 0.566. The summed E-state index contributed by atoms with van der Waals surface area (Å²) in [6.45, 7) is 4.32. The third-order valence-corrected chi connectivity index (χ3v) is 9.93. The zero-order valence-corrected chi connectivity index (χ0v) is 22.5. The van der Waals surface area contributed by atoms with Crippen LogP contribution in [0.5, 0.6) is 0 Å². The van der Waals surface area contributed by atoms with E-state index in [1.165, 1.54) is 11.3 Å². The lowest BCUT2D eigenvalue weighted by Crippen LogP contribution is -2.44. The first-order chi connectivity index (χ1) is 18.1. The molecule has 7 nitrogen and oxygen atoms in total. The minimum absolute atomic E-state index is 0.0467. The molecule has 0 unspecified atom stereocenters. The number of thiazole rings is 1. The van der Waals surface area contributed by atoms with Crippen molar-refractivity contribution in [3.8, 4) is 0 Å². The van der Waals surface area contributed by atoms with Crippen molar-refractivity contribution in [2.24, 2.45) is 5.92 Å². The van der Waals surface area contributed by atoms with Crippen LogP contribution in [0.25, 0.3) is 10.2 Å². The number of halogens is 2. The summed E-state index contributed by atoms with van der Waals surface area (Å²) in [5.41, 5.74) is 3.66. The number of hydrogen-bond acceptors (Lipinski definition) is 6. The van der Waals surface area contributed by atoms with E-state index in [9.17, 15) is 22.0 Å². The summed E-state index contributed by atoms with van der Waals surface area (Å²) < 4.78 is 55.7. The highest BCUT2D eigenvalue weighted by atomic mass is 32.2. The van der Waals surface area contributed by atoms with E-state index in [-0.39, 0.29) is 38.4 Å². The largest absolute Gasteiger partial charge is 0.282 e. The maximum Gasteiger partial charge on any atom is 0.245 e. The Hall–Kier alpha value is -3.28. The standard InChI is InChI=1S/C27H26F2N4O3S2/c1-17-6-7-18(2)25-24(17)31-27(37-25)33(16-21-5-3-4-12-30-21)26(34)19-10-13-32(14-11-19)38(35,36)23-9-8-20(28)15-22(23)29/h3-9,12,15,19H,10-11,13-14,16H2,1-2H3. The molecule has 0 N–H and O–H groups in total. The first-order valence-electron chi connectivity index (χ1n) is 12.2. The normalized spacial score (nSPS) is 15.2. The van der Waals surface area contributed by atoms with E-state index < -0.39 is 32.5 Å². The molecule has 1 saturated heterocycles. The Kier molecular flexibility index (Phi) is 7.26. The molecule has 1 aliphatic heterocycles. The van der Waals surface area contributed by atoms with Gasteiger partial charge in [-0.25, -0.2) is 22.2 Å². The molecule has 1 aliphatic rings. The smallest absolute Gasteiger partial charge is 0.245 e. The van der Waals surface area contributed by atoms with Crippen LogP contribution >= 0.6 is 11.3 Å². The summed E-state index contributed by atoms with van der Waals surface area (Å²) in [6, 6.07) is 12.0. The summed E-state index contributed by atoms with van der Waals surface area (Å²) in [4.78, 5) is 24.1. The van der Waals surface area contributed by atoms with Gasteiger partial charge in [-0.15, -0.1) is 0 Å². The molecule has 0 spiro atoms. The molecule has 4 aromatic rings. The number of fused-ring (bicyclic) bond motifs is 1. The molecule has 1 fully saturated rings. The van der Waals surface area contributed by atoms with Crippen LogP contribution in [0.4, 0.5) is 13.9 Å². The molecule has 3 heterocycles. The number of rotatable bonds is 6. The van der Waals surface area contributed by atoms with Gasteiger partial charge in [-0.3, -0.25) is 14.7 Å². The first-order valence-corrected chi connectivity index (χ1v) is 14.4. The predicted molar refractivity (Wildman–Crippen MR) is 142 cm³/mol. The number of benzene rings is 2. The Labute approximate surface area is 223 Å². The van der Waals surface area contributed by atoms with Gasteiger partial charge in [0.1, 0.15) is 16.5 Å². The molecular formula is C27H26F2N4O3S2. The highest BCUT2D eigenvalue weighted by molar-refractivity contribution is 7.89. The van der Waals surface area contributed by atoms with Crippen LogP contribution in [-0.2, 0) is 21.4 Å². The molecule has 5 rings (SSSR count). The van der Waals surface area contributed by atoms with Gasteiger partial charge in [-0.1, -0.05) is 29.5 Å². The van der Waals surface area contributed by atoms with Gasteiger partial charge in [0.2, 0.25) is 15.9 Å². The van der Waals surface area contributed by atoms with Gasteiger partial charge < -0.3 is 0 Å². The lowest BCUT2D eigenvalue weighted by atomic mass is 9.96. The van der Waals surface area contributed by atoms with E-state index in [0.29, 0.717) is 16.9 Å². The monoisotopic (exact) mass is 556 g/mol. The van der Waals surface area contributed by atoms with Crippen molar-refractivity contribution >= 4 is 42.6 Å². The molecule has 0 atom stereocenters. The Morgan fingerprint density at radius 3 is 2.47 bits per heavy atom. The molecular weight excluding hydrogens is 530 g/mol. The quantitative estimate of drug-likeness (QED) is 0.325. The Morgan fingerprint density at radius 1 is 1.08 bits per heavy atom. The van der Waals surface area contributed by atoms with Crippen LogP contribution in [0.3, 0.4) is 0 Å². The second kappa shape index (κ2) is 10.5. The lowest BCUT2D eigenvalue weighted by Gasteiger charge is -2.33. The number of pyridine rings is 1. The average molecular weight is 557 g/mol. The molecule has 2 aromatic heterocycles. The van der Waals surface area contributed by atoms with Gasteiger partial charge in [0, 0.05) is 31.3 Å². The molecule has 0 aliphatic carbocycles. The Bertz CT molecular complexity index is 1560. The van der Waals surface area contributed by atoms with E-state index >= 15 is 0 Å². The van der Waals surface area contributed by atoms with E-state index in [1.807, 2.05) is 38.1 Å². The zero-order chi connectivity index (χ0) is 27.0. The van der Waals surface area contributed by atoms with Gasteiger partial charge in [0.15, 0.2) is 5.13 Å². The Morgan fingerprint density at radius 2 is 1.82 bits per heavy atom. The van der Waals surface area contributed by atoms with Gasteiger partial charge in [0.25, 0.3) is 0 Å². The van der Waals surface area contributed by atoms with Crippen LogP contribution in [0, 0.1) is 31.4 Å². The molecule has 0 bridgehead atoms. The molecule has 1 amide bonds. The fraction of sp³-hybridized carbons (Fsp3) is 0.296. The molecule has 0 saturated carbocycles. The van der Waals surface area contributed by atoms with Crippen LogP contribution in [0.15, 0.2) is 59.6 Å². The maximum atomic E-state index is 14.2. The van der Waals surface area contributed by atoms with Gasteiger partial charge in [-0.05, 0) is 62.1 Å². The van der Waals surface area contributed by atoms with Crippen LogP contribution < -0.4 is 4.90 Å². The zero-order valence-electron chi connectivity index (χ0n) is 20.9. The number of aryl methyl sites for hydroxylation is 2. The molecule has 0 radical (unpaired) electrons. The topological polar surface area (TPSA) is 83.5 Å². The van der Waals surface area contributed by atoms with E-state index in [4.69, 9.17) is 4.98 Å². The average Bonchev–Trinajstić information content (AvgIpc) is 3.36. The highest BCUT2D eigenvalue weighted by Gasteiger charge is 2.36. The van der Waals surface area contributed by atoms with Crippen LogP contribution in [-0.4, -0.2) is 41.7 Å². The molecule has 11 heteroatoms. The number of piperidine rings is 1. The van der Waals surface area contributed by atoms with Gasteiger partial charge in [0.05, 0.1) is 22.5 Å². The van der Waals surface area contributed by atoms with Crippen molar-refractivity contribution < 1.29 is 22.0 Å². The van der Waals surface area contributed by atoms with Crippen molar-refractivity contribution in [3.05, 3.63) is 83.2 Å². The van der Waals surface area contributed by atoms with E-state index in [2.05, 4.69) is 4.98 Å². The van der Waals surface area contributed by atoms with Crippen molar-refractivity contribution in [1.29, 1.82) is 0 Å². The summed E-state index contributed by atoms with van der Waals surface area (Å²) in [5.74, 6) is -2.59. The number of amides is 1. The second-order valence-electron chi connectivity index (χ2n) is 9.37. The predicted octanol–water partition coefficient (Wildman–Crippen LogP) is 5.22. The number of aromatic nitrogens is 2. The van der Waals surface area contributed by atoms with Crippen molar-refractivity contribution in [3.63, 3.8) is 0 Å². The third-order valence-electron chi connectivity index (χ3n) is 6.79. The number of anilines is 1. The number of sulfonamides is 1. The van der Waals surface area contributed by atoms with Crippen LogP contribution in [0.2, 0.25) is 0 Å². The second-order valence-corrected chi connectivity index (χ2v) is 12.3. The van der Waals surface area contributed by atoms with E-state index in [1.54, 1.807) is 17.2 Å². The number of nitrogens with zero attached hydrogens (tertiary/aromatic N) is 4. The highest BCUT2D eigenvalue weighted by Crippen LogP contribution is 2.35. The molecule has 38 heavy (non-hydrogen) atoms. The van der Waals surface area contributed by atoms with Gasteiger partial charge >= 0.3 is 0 Å². The lowest BCUT2D eigenvalue weighted by molar-refractivity contribution is -0.123. The minimum atomic E-state index is -4.16. The fourth-order valence-electron chi connectivity index (χ4n) is 4.64. The number of hydrogen-bond donors (Lipinski definition) is 0. The van der Waals surface area contributed by atoms with Crippen molar-refractivity contribution in [2.75, 3.05) is 18.0 Å². The maximum absolute atomic E-state index is 14.2. The van der Waals surface area contributed by atoms with Crippen molar-refractivity contribution in [2.45, 2.75) is 38.1 Å². The first kappa shape index (κ1) is 26.3. The van der Waals surface area contributed by atoms with Crippen LogP contribution in [0.1, 0.15) is 29.7 Å². The van der Waals surface area contributed by atoms with Crippen molar-refractivity contribution in [1.82, 2.24) is 14.3 Å². The fourth-order valence-corrected chi connectivity index (χ4v) is 7.28.